The maximum absolute atomic E-state index is 13.2. The number of likely N-dealkylation sites (N-methyl/N-ethyl adjacent to an activating group) is 1. The van der Waals surface area contributed by atoms with Crippen LogP contribution in [0, 0.1) is 0 Å². The van der Waals surface area contributed by atoms with Crippen LogP contribution in [0.5, 0.6) is 0 Å². The van der Waals surface area contributed by atoms with Crippen molar-refractivity contribution in [3.63, 3.8) is 0 Å². The summed E-state index contributed by atoms with van der Waals surface area (Å²) in [5.74, 6) is 0.226. The van der Waals surface area contributed by atoms with Crippen LogP contribution in [0.15, 0.2) is 27.9 Å². The molecule has 0 aliphatic carbocycles. The molecule has 9 heteroatoms. The van der Waals surface area contributed by atoms with Gasteiger partial charge in [-0.3, -0.25) is 14.5 Å². The van der Waals surface area contributed by atoms with E-state index in [0.29, 0.717) is 21.5 Å². The molecule has 0 saturated heterocycles. The van der Waals surface area contributed by atoms with Crippen molar-refractivity contribution in [2.45, 2.75) is 17.2 Å². The predicted octanol–water partition coefficient (Wildman–Crippen LogP) is 3.41. The summed E-state index contributed by atoms with van der Waals surface area (Å²) in [7, 11) is 2.35. The molecule has 2 aromatic rings. The second kappa shape index (κ2) is 9.23. The molecule has 1 aliphatic heterocycles. The Hall–Kier alpha value is -0.980. The molecule has 1 aliphatic rings. The van der Waals surface area contributed by atoms with E-state index in [1.807, 2.05) is 12.3 Å². The number of aromatic nitrogens is 1. The smallest absolute Gasteiger partial charge is 0.323 e. The van der Waals surface area contributed by atoms with Gasteiger partial charge in [0.15, 0.2) is 5.43 Å². The van der Waals surface area contributed by atoms with Crippen LogP contribution in [0.3, 0.4) is 0 Å². The molecule has 0 amide bonds. The molecule has 0 radical (unpaired) electrons. The highest BCUT2D eigenvalue weighted by atomic mass is 35.5. The molecule has 0 bridgehead atoms. The second-order valence-corrected chi connectivity index (χ2v) is 10.0. The normalized spacial score (nSPS) is 16.8. The van der Waals surface area contributed by atoms with Gasteiger partial charge in [-0.15, -0.1) is 11.8 Å². The number of thioether (sulfide) groups is 2. The van der Waals surface area contributed by atoms with Crippen LogP contribution in [0.4, 0.5) is 0 Å². The number of rotatable bonds is 7. The molecule has 2 heterocycles. The molecule has 0 saturated carbocycles. The minimum atomic E-state index is -0.939. The summed E-state index contributed by atoms with van der Waals surface area (Å²) in [6, 6.07) is 3.41. The largest absolute Gasteiger partial charge is 0.480 e. The van der Waals surface area contributed by atoms with E-state index in [1.165, 1.54) is 11.8 Å². The van der Waals surface area contributed by atoms with Gasteiger partial charge in [0, 0.05) is 23.2 Å². The van der Waals surface area contributed by atoms with Crippen molar-refractivity contribution in [2.75, 3.05) is 31.9 Å². The van der Waals surface area contributed by atoms with Crippen molar-refractivity contribution in [2.24, 2.45) is 0 Å². The maximum atomic E-state index is 13.2. The second-order valence-electron chi connectivity index (χ2n) is 6.47. The highest BCUT2D eigenvalue weighted by Crippen LogP contribution is 2.35. The first-order chi connectivity index (χ1) is 13.4. The minimum absolute atomic E-state index is 0.0624. The zero-order valence-corrected chi connectivity index (χ0v) is 19.2. The molecule has 28 heavy (non-hydrogen) atoms. The van der Waals surface area contributed by atoms with Crippen LogP contribution in [-0.4, -0.2) is 58.2 Å². The third-order valence-electron chi connectivity index (χ3n) is 4.72. The highest BCUT2D eigenvalue weighted by molar-refractivity contribution is 7.99. The molecule has 1 aromatic heterocycles. The number of hydrogen-bond donors (Lipinski definition) is 1. The fourth-order valence-electron chi connectivity index (χ4n) is 3.31. The van der Waals surface area contributed by atoms with Gasteiger partial charge in [-0.2, -0.15) is 11.8 Å². The van der Waals surface area contributed by atoms with Crippen LogP contribution >= 0.6 is 43.7 Å². The average Bonchev–Trinajstić information content (AvgIpc) is 2.68. The minimum Gasteiger partial charge on any atom is -0.480 e. The lowest BCUT2D eigenvalue weighted by Crippen LogP contribution is -2.37. The van der Waals surface area contributed by atoms with Crippen molar-refractivity contribution in [3.8, 4) is 0 Å². The van der Waals surface area contributed by atoms with Crippen molar-refractivity contribution in [1.29, 1.82) is 0 Å². The Bertz CT molecular complexity index is 1010. The Morgan fingerprint density at radius 3 is 2.79 bits per heavy atom. The van der Waals surface area contributed by atoms with Crippen molar-refractivity contribution in [3.05, 3.63) is 39.0 Å². The SMILES string of the molecule is CSCCN(C)C1C=Cc2c(n(CC(=O)O)c3c(SC)c(Cl)ccc3c2=O)P1. The van der Waals surface area contributed by atoms with E-state index in [-0.39, 0.29) is 26.3 Å². The van der Waals surface area contributed by atoms with Crippen LogP contribution in [0.2, 0.25) is 5.02 Å². The fourth-order valence-corrected chi connectivity index (χ4v) is 6.36. The number of nitrogens with zero attached hydrogens (tertiary/aromatic N) is 2. The van der Waals surface area contributed by atoms with Gasteiger partial charge in [0.25, 0.3) is 0 Å². The Morgan fingerprint density at radius 2 is 2.14 bits per heavy atom. The van der Waals surface area contributed by atoms with E-state index in [1.54, 1.807) is 28.5 Å². The Labute approximate surface area is 179 Å². The predicted molar refractivity (Wildman–Crippen MR) is 124 cm³/mol. The maximum Gasteiger partial charge on any atom is 0.323 e. The molecule has 2 atom stereocenters. The third kappa shape index (κ3) is 4.14. The first kappa shape index (κ1) is 21.7. The van der Waals surface area contributed by atoms with E-state index in [4.69, 9.17) is 11.6 Å². The number of carboxylic acid groups (broad SMARTS) is 1. The summed E-state index contributed by atoms with van der Waals surface area (Å²) in [5.41, 5.74) is 1.95. The number of aliphatic carboxylic acids is 1. The van der Waals surface area contributed by atoms with Gasteiger partial charge >= 0.3 is 5.97 Å². The van der Waals surface area contributed by atoms with Crippen molar-refractivity contribution < 1.29 is 9.90 Å². The van der Waals surface area contributed by atoms with Gasteiger partial charge in [0.2, 0.25) is 0 Å². The van der Waals surface area contributed by atoms with Crippen LogP contribution < -0.4 is 10.9 Å². The number of benzene rings is 1. The quantitative estimate of drug-likeness (QED) is 0.509. The van der Waals surface area contributed by atoms with Crippen LogP contribution in [-0.2, 0) is 11.3 Å². The standard InChI is InChI=1S/C19H22ClN2O3PS2/c1-21(8-9-27-2)14-7-5-12-17(25)11-4-6-13(20)18(28-3)16(11)22(10-15(23)24)19(12)26-14/h4-7,14,26H,8-10H2,1-3H3,(H,23,24). The first-order valence-electron chi connectivity index (χ1n) is 8.67. The van der Waals surface area contributed by atoms with E-state index in [0.717, 1.165) is 22.6 Å². The lowest BCUT2D eigenvalue weighted by atomic mass is 10.1. The van der Waals surface area contributed by atoms with E-state index >= 15 is 0 Å². The summed E-state index contributed by atoms with van der Waals surface area (Å²) >= 11 is 9.60. The third-order valence-corrected chi connectivity index (χ3v) is 8.30. The molecule has 1 N–H and O–H groups in total. The number of carboxylic acids is 1. The molecule has 150 valence electrons. The van der Waals surface area contributed by atoms with E-state index < -0.39 is 5.97 Å². The first-order valence-corrected chi connectivity index (χ1v) is 12.7. The van der Waals surface area contributed by atoms with Gasteiger partial charge in [0.1, 0.15) is 6.54 Å². The Morgan fingerprint density at radius 1 is 1.39 bits per heavy atom. The summed E-state index contributed by atoms with van der Waals surface area (Å²) < 4.78 is 1.78. The summed E-state index contributed by atoms with van der Waals surface area (Å²) in [5, 5.41) is 10.6. The summed E-state index contributed by atoms with van der Waals surface area (Å²) in [6.07, 6.45) is 7.88. The number of hydrogen-bond acceptors (Lipinski definition) is 5. The molecule has 1 aromatic carbocycles. The van der Waals surface area contributed by atoms with Gasteiger partial charge in [0.05, 0.1) is 26.7 Å². The van der Waals surface area contributed by atoms with Gasteiger partial charge in [-0.05, 0) is 40.3 Å². The van der Waals surface area contributed by atoms with Crippen LogP contribution in [0.1, 0.15) is 5.56 Å². The number of halogens is 1. The zero-order chi connectivity index (χ0) is 20.4. The number of fused-ring (bicyclic) bond motifs is 2. The summed E-state index contributed by atoms with van der Waals surface area (Å²) in [6.45, 7) is 0.728. The van der Waals surface area contributed by atoms with Crippen molar-refractivity contribution in [1.82, 2.24) is 9.47 Å². The van der Waals surface area contributed by atoms with Gasteiger partial charge in [-0.25, -0.2) is 0 Å². The zero-order valence-electron chi connectivity index (χ0n) is 15.9. The van der Waals surface area contributed by atoms with E-state index in [9.17, 15) is 14.7 Å². The van der Waals surface area contributed by atoms with Crippen LogP contribution in [0.25, 0.3) is 17.0 Å². The molecular weight excluding hydrogens is 435 g/mol. The molecule has 0 spiro atoms. The molecule has 5 nitrogen and oxygen atoms in total. The molecule has 0 fully saturated rings. The lowest BCUT2D eigenvalue weighted by Gasteiger charge is -2.30. The summed E-state index contributed by atoms with van der Waals surface area (Å²) in [4.78, 5) is 27.8. The number of carbonyl (C=O) groups is 1. The monoisotopic (exact) mass is 456 g/mol. The van der Waals surface area contributed by atoms with Gasteiger partial charge < -0.3 is 9.67 Å². The number of pyridine rings is 1. The lowest BCUT2D eigenvalue weighted by molar-refractivity contribution is -0.137. The molecular formula is C19H22ClN2O3PS2. The molecule has 3 rings (SSSR count). The Kier molecular flexibility index (Phi) is 7.16. The average molecular weight is 457 g/mol. The Balaban J connectivity index is 2.24. The van der Waals surface area contributed by atoms with Gasteiger partial charge in [-0.1, -0.05) is 23.8 Å². The topological polar surface area (TPSA) is 62.5 Å². The fraction of sp³-hybridized carbons (Fsp3) is 0.368. The highest BCUT2D eigenvalue weighted by Gasteiger charge is 2.26. The van der Waals surface area contributed by atoms with Crippen molar-refractivity contribution >= 4 is 72.1 Å². The molecule has 2 unspecified atom stereocenters. The van der Waals surface area contributed by atoms with E-state index in [2.05, 4.69) is 24.3 Å².